The summed E-state index contributed by atoms with van der Waals surface area (Å²) in [5.41, 5.74) is 0.573. The van der Waals surface area contributed by atoms with Crippen LogP contribution >= 0.6 is 13.5 Å². The van der Waals surface area contributed by atoms with Gasteiger partial charge in [0.25, 0.3) is 0 Å². The van der Waals surface area contributed by atoms with E-state index < -0.39 is 29.5 Å². The highest BCUT2D eigenvalue weighted by molar-refractivity contribution is 7.59. The number of ether oxygens (including phenoxy) is 1. The molecule has 0 radical (unpaired) electrons. The summed E-state index contributed by atoms with van der Waals surface area (Å²) in [4.78, 5) is 37.1. The molecule has 1 aromatic carbocycles. The molecule has 0 saturated carbocycles. The highest BCUT2D eigenvalue weighted by atomic mass is 32.1. The molecule has 1 heterocycles. The molecule has 2 atom stereocenters. The average Bonchev–Trinajstić information content (AvgIpc) is 2.55. The number of benzene rings is 1. The van der Waals surface area contributed by atoms with E-state index in [4.69, 9.17) is 4.74 Å². The Kier molecular flexibility index (Phi) is 9.28. The van der Waals surface area contributed by atoms with Crippen molar-refractivity contribution in [2.75, 3.05) is 13.7 Å². The number of halogens is 1. The summed E-state index contributed by atoms with van der Waals surface area (Å²) in [6.07, 6.45) is 0.0113. The minimum absolute atomic E-state index is 0. The van der Waals surface area contributed by atoms with E-state index in [1.165, 1.54) is 31.3 Å². The van der Waals surface area contributed by atoms with Crippen molar-refractivity contribution in [1.29, 1.82) is 0 Å². The maximum absolute atomic E-state index is 13.0. The van der Waals surface area contributed by atoms with Crippen LogP contribution in [0, 0.1) is 11.7 Å². The van der Waals surface area contributed by atoms with E-state index in [0.29, 0.717) is 5.56 Å². The van der Waals surface area contributed by atoms with Crippen molar-refractivity contribution in [2.24, 2.45) is 5.92 Å². The molecule has 134 valence electrons. The third kappa shape index (κ3) is 4.80. The van der Waals surface area contributed by atoms with Gasteiger partial charge in [0.05, 0.1) is 6.61 Å². The van der Waals surface area contributed by atoms with Crippen molar-refractivity contribution in [2.45, 2.75) is 33.1 Å². The zero-order valence-electron chi connectivity index (χ0n) is 14.3. The lowest BCUT2D eigenvalue weighted by molar-refractivity contribution is -0.162. The van der Waals surface area contributed by atoms with Gasteiger partial charge in [0.2, 0.25) is 11.8 Å². The summed E-state index contributed by atoms with van der Waals surface area (Å²) < 4.78 is 18.0. The number of hydrogen-bond acceptors (Lipinski definition) is 4. The normalized spacial score (nSPS) is 19.8. The number of nitrogens with zero attached hydrogens (tertiary/aromatic N) is 1. The molecule has 0 aliphatic carbocycles. The minimum atomic E-state index is -1.07. The van der Waals surface area contributed by atoms with Crippen LogP contribution in [0.1, 0.15) is 38.7 Å². The van der Waals surface area contributed by atoms with E-state index in [0.717, 1.165) is 4.90 Å². The second-order valence-electron chi connectivity index (χ2n) is 4.88. The molecular weight excluding hydrogens is 333 g/mol. The lowest BCUT2D eigenvalue weighted by Gasteiger charge is -2.33. The summed E-state index contributed by atoms with van der Waals surface area (Å²) in [6, 6.07) is 5.45. The molecule has 1 aromatic rings. The van der Waals surface area contributed by atoms with Gasteiger partial charge in [0, 0.05) is 19.4 Å². The maximum atomic E-state index is 13.0. The Balaban J connectivity index is 0.00000170. The van der Waals surface area contributed by atoms with E-state index in [1.807, 2.05) is 13.8 Å². The number of esters is 1. The van der Waals surface area contributed by atoms with Crippen molar-refractivity contribution in [3.63, 3.8) is 0 Å². The number of carbonyl (C=O) groups is 3. The first kappa shape index (κ1) is 22.1. The summed E-state index contributed by atoms with van der Waals surface area (Å²) in [5, 5.41) is 0. The van der Waals surface area contributed by atoms with Gasteiger partial charge in [0.1, 0.15) is 11.7 Å². The zero-order chi connectivity index (χ0) is 17.6. The molecule has 0 bridgehead atoms. The summed E-state index contributed by atoms with van der Waals surface area (Å²) >= 11 is 0. The Morgan fingerprint density at radius 1 is 1.25 bits per heavy atom. The van der Waals surface area contributed by atoms with Gasteiger partial charge in [-0.15, -0.1) is 0 Å². The van der Waals surface area contributed by atoms with Crippen LogP contribution in [0.4, 0.5) is 4.39 Å². The van der Waals surface area contributed by atoms with Gasteiger partial charge in [0.15, 0.2) is 0 Å². The van der Waals surface area contributed by atoms with Crippen molar-refractivity contribution in [3.05, 3.63) is 35.6 Å². The molecule has 0 aromatic heterocycles. The predicted octanol–water partition coefficient (Wildman–Crippen LogP) is 2.62. The molecule has 1 fully saturated rings. The average molecular weight is 357 g/mol. The molecule has 0 N–H and O–H groups in total. The second kappa shape index (κ2) is 10.1. The first-order chi connectivity index (χ1) is 11.0. The first-order valence-electron chi connectivity index (χ1n) is 7.68. The first-order valence-corrected chi connectivity index (χ1v) is 7.68. The molecule has 2 rings (SSSR count). The molecule has 2 unspecified atom stereocenters. The number of carbonyl (C=O) groups excluding carboxylic acids is 3. The summed E-state index contributed by atoms with van der Waals surface area (Å²) in [7, 11) is 1.35. The number of likely N-dealkylation sites (tertiary alicyclic amines) is 1. The van der Waals surface area contributed by atoms with Crippen molar-refractivity contribution in [1.82, 2.24) is 4.90 Å². The molecule has 1 aliphatic rings. The molecule has 1 aliphatic heterocycles. The van der Waals surface area contributed by atoms with Crippen LogP contribution in [0.15, 0.2) is 24.3 Å². The number of hydrogen-bond donors (Lipinski definition) is 0. The van der Waals surface area contributed by atoms with Gasteiger partial charge in [-0.1, -0.05) is 26.0 Å². The lowest BCUT2D eigenvalue weighted by atomic mass is 9.79. The van der Waals surface area contributed by atoms with E-state index >= 15 is 0 Å². The van der Waals surface area contributed by atoms with Crippen molar-refractivity contribution < 1.29 is 23.5 Å². The fourth-order valence-electron chi connectivity index (χ4n) is 2.46. The molecule has 1 saturated heterocycles. The van der Waals surface area contributed by atoms with E-state index in [9.17, 15) is 18.8 Å². The van der Waals surface area contributed by atoms with E-state index in [2.05, 4.69) is 0 Å². The smallest absolute Gasteiger partial charge is 0.319 e. The van der Waals surface area contributed by atoms with Gasteiger partial charge < -0.3 is 4.74 Å². The molecule has 24 heavy (non-hydrogen) atoms. The minimum Gasteiger partial charge on any atom is -0.465 e. The maximum Gasteiger partial charge on any atom is 0.319 e. The monoisotopic (exact) mass is 357 g/mol. The number of amides is 2. The molecule has 5 nitrogen and oxygen atoms in total. The number of piperidine rings is 1. The zero-order valence-corrected chi connectivity index (χ0v) is 15.3. The van der Waals surface area contributed by atoms with Gasteiger partial charge in [-0.2, -0.15) is 13.5 Å². The molecule has 2 amide bonds. The fraction of sp³-hybridized carbons (Fsp3) is 0.471. The third-order valence-electron chi connectivity index (χ3n) is 3.61. The van der Waals surface area contributed by atoms with E-state index in [1.54, 1.807) is 6.92 Å². The van der Waals surface area contributed by atoms with Gasteiger partial charge in [-0.3, -0.25) is 19.3 Å². The van der Waals surface area contributed by atoms with Crippen LogP contribution in [-0.2, 0) is 19.1 Å². The van der Waals surface area contributed by atoms with Gasteiger partial charge >= 0.3 is 5.97 Å². The SMILES string of the molecule is CC.CCOC(=O)C1C(=O)N(C)C(=O)CC1c1ccc(F)cc1.S. The van der Waals surface area contributed by atoms with Crippen LogP contribution in [0.25, 0.3) is 0 Å². The summed E-state index contributed by atoms with van der Waals surface area (Å²) in [6.45, 7) is 5.80. The van der Waals surface area contributed by atoms with Crippen LogP contribution in [0.2, 0.25) is 0 Å². The van der Waals surface area contributed by atoms with Crippen molar-refractivity contribution in [3.8, 4) is 0 Å². The Morgan fingerprint density at radius 3 is 2.29 bits per heavy atom. The highest BCUT2D eigenvalue weighted by Gasteiger charge is 2.45. The highest BCUT2D eigenvalue weighted by Crippen LogP contribution is 2.35. The summed E-state index contributed by atoms with van der Waals surface area (Å²) in [5.74, 6) is -3.72. The van der Waals surface area contributed by atoms with Crippen LogP contribution < -0.4 is 0 Å². The number of imide groups is 1. The molecule has 7 heteroatoms. The number of rotatable bonds is 3. The second-order valence-corrected chi connectivity index (χ2v) is 4.88. The quantitative estimate of drug-likeness (QED) is 0.474. The topological polar surface area (TPSA) is 63.7 Å². The molecule has 0 spiro atoms. The molecular formula is C17H24FNO4S. The predicted molar refractivity (Wildman–Crippen MR) is 93.4 cm³/mol. The Bertz CT molecular complexity index is 576. The van der Waals surface area contributed by atoms with E-state index in [-0.39, 0.29) is 32.4 Å². The Hall–Kier alpha value is -1.89. The van der Waals surface area contributed by atoms with Crippen LogP contribution in [0.3, 0.4) is 0 Å². The fourth-order valence-corrected chi connectivity index (χ4v) is 2.46. The van der Waals surface area contributed by atoms with Crippen LogP contribution in [0.5, 0.6) is 0 Å². The Morgan fingerprint density at radius 2 is 1.79 bits per heavy atom. The van der Waals surface area contributed by atoms with Gasteiger partial charge in [-0.25, -0.2) is 4.39 Å². The van der Waals surface area contributed by atoms with Gasteiger partial charge in [-0.05, 0) is 24.6 Å². The van der Waals surface area contributed by atoms with Crippen LogP contribution in [-0.4, -0.2) is 36.3 Å². The lowest BCUT2D eigenvalue weighted by Crippen LogP contribution is -2.49. The third-order valence-corrected chi connectivity index (χ3v) is 3.61. The Labute approximate surface area is 148 Å². The van der Waals surface area contributed by atoms with Crippen molar-refractivity contribution >= 4 is 31.3 Å². The standard InChI is InChI=1S/C15H16FNO4.C2H6.H2S/c1-3-21-15(20)13-11(8-12(18)17(2)14(13)19)9-4-6-10(16)7-5-9;1-2;/h4-7,11,13H,3,8H2,1-2H3;1-2H3;1H2. The largest absolute Gasteiger partial charge is 0.465 e.